The summed E-state index contributed by atoms with van der Waals surface area (Å²) >= 11 is 1.74. The Balaban J connectivity index is 1.21. The van der Waals surface area contributed by atoms with E-state index < -0.39 is 11.6 Å². The minimum Gasteiger partial charge on any atom is -0.339 e. The minimum atomic E-state index is -1.13. The van der Waals surface area contributed by atoms with Gasteiger partial charge in [0.2, 0.25) is 5.91 Å². The topological polar surface area (TPSA) is 73.0 Å². The Hall–Kier alpha value is -2.71. The summed E-state index contributed by atoms with van der Waals surface area (Å²) in [5.74, 6) is -0.535. The Morgan fingerprint density at radius 3 is 2.62 bits per heavy atom. The molecule has 2 aromatic rings. The van der Waals surface area contributed by atoms with E-state index in [9.17, 15) is 14.4 Å². The summed E-state index contributed by atoms with van der Waals surface area (Å²) < 4.78 is 0. The summed E-state index contributed by atoms with van der Waals surface area (Å²) in [6.45, 7) is 5.21. The van der Waals surface area contributed by atoms with E-state index in [1.54, 1.807) is 23.2 Å². The number of imide groups is 1. The Bertz CT molecular complexity index is 1050. The molecule has 1 atom stereocenters. The Labute approximate surface area is 192 Å². The van der Waals surface area contributed by atoms with Crippen molar-refractivity contribution in [1.29, 1.82) is 0 Å². The molecule has 3 heterocycles. The lowest BCUT2D eigenvalue weighted by Crippen LogP contribution is -2.51. The van der Waals surface area contributed by atoms with Gasteiger partial charge in [-0.2, -0.15) is 0 Å². The molecule has 1 aromatic carbocycles. The lowest BCUT2D eigenvalue weighted by atomic mass is 9.89. The van der Waals surface area contributed by atoms with Crippen LogP contribution in [0.4, 0.5) is 4.79 Å². The Morgan fingerprint density at radius 1 is 1.09 bits per heavy atom. The fourth-order valence-corrected chi connectivity index (χ4v) is 5.68. The van der Waals surface area contributed by atoms with Gasteiger partial charge >= 0.3 is 6.03 Å². The highest BCUT2D eigenvalue weighted by atomic mass is 32.1. The first-order valence-electron chi connectivity index (χ1n) is 11.2. The molecule has 3 aliphatic rings. The van der Waals surface area contributed by atoms with Crippen LogP contribution in [-0.4, -0.2) is 65.3 Å². The molecular weight excluding hydrogens is 424 g/mol. The predicted octanol–water partition coefficient (Wildman–Crippen LogP) is 2.35. The van der Waals surface area contributed by atoms with E-state index in [0.29, 0.717) is 13.1 Å². The van der Waals surface area contributed by atoms with Gasteiger partial charge in [-0.25, -0.2) is 4.79 Å². The Kier molecular flexibility index (Phi) is 5.51. The molecular formula is C24H28N4O3S. The lowest BCUT2D eigenvalue weighted by Gasteiger charge is -2.35. The number of carbonyl (C=O) groups excluding carboxylic acids is 3. The second-order valence-corrected chi connectivity index (χ2v) is 10.1. The third-order valence-corrected chi connectivity index (χ3v) is 7.79. The molecule has 0 radical (unpaired) electrons. The zero-order valence-electron chi connectivity index (χ0n) is 18.3. The van der Waals surface area contributed by atoms with E-state index in [2.05, 4.69) is 33.8 Å². The zero-order valence-corrected chi connectivity index (χ0v) is 19.1. The molecule has 0 bridgehead atoms. The van der Waals surface area contributed by atoms with Gasteiger partial charge in [-0.05, 0) is 54.3 Å². The van der Waals surface area contributed by atoms with Crippen molar-refractivity contribution in [2.24, 2.45) is 0 Å². The van der Waals surface area contributed by atoms with E-state index in [1.165, 1.54) is 16.0 Å². The van der Waals surface area contributed by atoms with E-state index >= 15 is 0 Å². The van der Waals surface area contributed by atoms with Crippen molar-refractivity contribution < 1.29 is 14.4 Å². The highest BCUT2D eigenvalue weighted by molar-refractivity contribution is 7.09. The predicted molar refractivity (Wildman–Crippen MR) is 122 cm³/mol. The van der Waals surface area contributed by atoms with Crippen LogP contribution in [0.5, 0.6) is 0 Å². The standard InChI is InChI=1S/C24H28N4O3S/c1-24(19-8-7-17-4-2-5-18(17)14-19)22(30)28(23(31)25-24)16-21(29)27-11-9-26(10-12-27)15-20-6-3-13-32-20/h3,6-8,13-14H,2,4-5,9-12,15-16H2,1H3,(H,25,31). The number of aryl methyl sites for hydroxylation is 2. The van der Waals surface area contributed by atoms with Crippen molar-refractivity contribution in [3.63, 3.8) is 0 Å². The molecule has 4 amide bonds. The minimum absolute atomic E-state index is 0.178. The number of rotatable bonds is 5. The molecule has 2 aliphatic heterocycles. The maximum atomic E-state index is 13.3. The van der Waals surface area contributed by atoms with E-state index in [4.69, 9.17) is 0 Å². The van der Waals surface area contributed by atoms with Gasteiger partial charge in [0.05, 0.1) is 0 Å². The quantitative estimate of drug-likeness (QED) is 0.707. The van der Waals surface area contributed by atoms with Gasteiger partial charge in [0.1, 0.15) is 12.1 Å². The molecule has 2 saturated heterocycles. The smallest absolute Gasteiger partial charge is 0.325 e. The van der Waals surface area contributed by atoms with Crippen molar-refractivity contribution in [1.82, 2.24) is 20.0 Å². The van der Waals surface area contributed by atoms with Crippen LogP contribution in [0.25, 0.3) is 0 Å². The number of urea groups is 1. The van der Waals surface area contributed by atoms with Gasteiger partial charge < -0.3 is 10.2 Å². The number of hydrogen-bond acceptors (Lipinski definition) is 5. The second-order valence-electron chi connectivity index (χ2n) is 9.02. The first-order valence-corrected chi connectivity index (χ1v) is 12.1. The molecule has 168 valence electrons. The molecule has 1 unspecified atom stereocenters. The molecule has 8 heteroatoms. The number of hydrogen-bond donors (Lipinski definition) is 1. The molecule has 0 saturated carbocycles. The zero-order chi connectivity index (χ0) is 22.3. The van der Waals surface area contributed by atoms with Gasteiger partial charge in [0.25, 0.3) is 5.91 Å². The maximum Gasteiger partial charge on any atom is 0.325 e. The average molecular weight is 453 g/mol. The van der Waals surface area contributed by atoms with Crippen molar-refractivity contribution in [3.8, 4) is 0 Å². The van der Waals surface area contributed by atoms with Gasteiger partial charge in [-0.3, -0.25) is 19.4 Å². The summed E-state index contributed by atoms with van der Waals surface area (Å²) in [6, 6.07) is 9.71. The summed E-state index contributed by atoms with van der Waals surface area (Å²) in [6.07, 6.45) is 3.19. The summed E-state index contributed by atoms with van der Waals surface area (Å²) in [7, 11) is 0. The maximum absolute atomic E-state index is 13.3. The van der Waals surface area contributed by atoms with Gasteiger partial charge in [0.15, 0.2) is 0 Å². The van der Waals surface area contributed by atoms with Crippen molar-refractivity contribution in [2.45, 2.75) is 38.3 Å². The number of nitrogens with zero attached hydrogens (tertiary/aromatic N) is 3. The molecule has 7 nitrogen and oxygen atoms in total. The first kappa shape index (κ1) is 21.2. The molecule has 32 heavy (non-hydrogen) atoms. The molecule has 1 aliphatic carbocycles. The van der Waals surface area contributed by atoms with Crippen LogP contribution in [-0.2, 0) is 34.5 Å². The van der Waals surface area contributed by atoms with E-state index in [0.717, 1.165) is 49.4 Å². The summed E-state index contributed by atoms with van der Waals surface area (Å²) in [5.41, 5.74) is 2.22. The monoisotopic (exact) mass is 452 g/mol. The van der Waals surface area contributed by atoms with Crippen LogP contribution in [0.2, 0.25) is 0 Å². The number of benzene rings is 1. The second kappa shape index (κ2) is 8.33. The third kappa shape index (κ3) is 3.82. The van der Waals surface area contributed by atoms with Crippen LogP contribution in [0.15, 0.2) is 35.7 Å². The number of piperazine rings is 1. The summed E-state index contributed by atoms with van der Waals surface area (Å²) in [4.78, 5) is 45.3. The number of thiophene rings is 1. The number of fused-ring (bicyclic) bond motifs is 1. The van der Waals surface area contributed by atoms with E-state index in [-0.39, 0.29) is 18.4 Å². The van der Waals surface area contributed by atoms with Crippen LogP contribution >= 0.6 is 11.3 Å². The molecule has 2 fully saturated rings. The highest BCUT2D eigenvalue weighted by Crippen LogP contribution is 2.32. The lowest BCUT2D eigenvalue weighted by molar-refractivity contribution is -0.139. The number of nitrogens with one attached hydrogen (secondary N) is 1. The summed E-state index contributed by atoms with van der Waals surface area (Å²) in [5, 5.41) is 4.91. The molecule has 1 aromatic heterocycles. The van der Waals surface area contributed by atoms with E-state index in [1.807, 2.05) is 12.1 Å². The fraction of sp³-hybridized carbons (Fsp3) is 0.458. The van der Waals surface area contributed by atoms with Gasteiger partial charge in [0, 0.05) is 37.6 Å². The first-order chi connectivity index (χ1) is 15.4. The van der Waals surface area contributed by atoms with Crippen molar-refractivity contribution in [2.75, 3.05) is 32.7 Å². The third-order valence-electron chi connectivity index (χ3n) is 6.93. The molecule has 0 spiro atoms. The fourth-order valence-electron chi connectivity index (χ4n) is 4.93. The van der Waals surface area contributed by atoms with Crippen LogP contribution < -0.4 is 5.32 Å². The largest absolute Gasteiger partial charge is 0.339 e. The number of carbonyl (C=O) groups is 3. The van der Waals surface area contributed by atoms with Gasteiger partial charge in [-0.15, -0.1) is 11.3 Å². The van der Waals surface area contributed by atoms with Crippen LogP contribution in [0, 0.1) is 0 Å². The number of amides is 4. The highest BCUT2D eigenvalue weighted by Gasteiger charge is 2.50. The molecule has 5 rings (SSSR count). The molecule has 1 N–H and O–H groups in total. The van der Waals surface area contributed by atoms with Crippen LogP contribution in [0.1, 0.15) is 34.9 Å². The average Bonchev–Trinajstić information content (AvgIpc) is 3.52. The SMILES string of the molecule is CC1(c2ccc3c(c2)CCC3)NC(=O)N(CC(=O)N2CCN(Cc3cccs3)CC2)C1=O. The van der Waals surface area contributed by atoms with Crippen LogP contribution in [0.3, 0.4) is 0 Å². The van der Waals surface area contributed by atoms with Gasteiger partial charge in [-0.1, -0.05) is 24.3 Å². The normalized spacial score (nSPS) is 23.5. The van der Waals surface area contributed by atoms with Crippen molar-refractivity contribution in [3.05, 3.63) is 57.3 Å². The van der Waals surface area contributed by atoms with Crippen molar-refractivity contribution >= 4 is 29.2 Å². The Morgan fingerprint density at radius 2 is 1.88 bits per heavy atom.